The van der Waals surface area contributed by atoms with Crippen molar-refractivity contribution >= 4 is 17.5 Å². The van der Waals surface area contributed by atoms with Gasteiger partial charge < -0.3 is 15.1 Å². The predicted molar refractivity (Wildman–Crippen MR) is 115 cm³/mol. The van der Waals surface area contributed by atoms with Gasteiger partial charge in [-0.2, -0.15) is 0 Å². The fourth-order valence-electron chi connectivity index (χ4n) is 4.44. The van der Waals surface area contributed by atoms with E-state index in [-0.39, 0.29) is 18.0 Å². The van der Waals surface area contributed by atoms with E-state index < -0.39 is 0 Å². The number of fused-ring (bicyclic) bond motifs is 2. The number of aryl methyl sites for hydroxylation is 1. The lowest BCUT2D eigenvalue weighted by atomic mass is 9.97. The maximum absolute atomic E-state index is 13.0. The number of hydrogen-bond acceptors (Lipinski definition) is 3. The van der Waals surface area contributed by atoms with Crippen molar-refractivity contribution in [3.8, 4) is 0 Å². The molecule has 1 fully saturated rings. The minimum atomic E-state index is -0.109. The van der Waals surface area contributed by atoms with E-state index in [4.69, 9.17) is 0 Å². The highest BCUT2D eigenvalue weighted by Crippen LogP contribution is 2.35. The van der Waals surface area contributed by atoms with Crippen LogP contribution in [0.15, 0.2) is 42.5 Å². The first-order valence-corrected chi connectivity index (χ1v) is 10.7. The monoisotopic (exact) mass is 391 g/mol. The van der Waals surface area contributed by atoms with Crippen molar-refractivity contribution in [1.82, 2.24) is 10.2 Å². The van der Waals surface area contributed by atoms with E-state index in [1.54, 1.807) is 6.07 Å². The van der Waals surface area contributed by atoms with Crippen LogP contribution in [0, 0.1) is 0 Å². The molecule has 2 aromatic rings. The number of carbonyl (C=O) groups is 2. The number of nitrogens with zero attached hydrogens (tertiary/aromatic N) is 2. The molecule has 0 unspecified atom stereocenters. The van der Waals surface area contributed by atoms with Gasteiger partial charge in [0.05, 0.1) is 11.3 Å². The third-order valence-corrected chi connectivity index (χ3v) is 6.12. The lowest BCUT2D eigenvalue weighted by Crippen LogP contribution is -2.57. The molecule has 2 aromatic carbocycles. The Labute approximate surface area is 172 Å². The van der Waals surface area contributed by atoms with Crippen LogP contribution in [0.5, 0.6) is 0 Å². The van der Waals surface area contributed by atoms with Gasteiger partial charge in [-0.1, -0.05) is 31.2 Å². The first kappa shape index (κ1) is 19.5. The van der Waals surface area contributed by atoms with Gasteiger partial charge in [-0.3, -0.25) is 9.59 Å². The topological polar surface area (TPSA) is 52.7 Å². The van der Waals surface area contributed by atoms with E-state index in [1.807, 2.05) is 17.0 Å². The largest absolute Gasteiger partial charge is 0.351 e. The molecule has 5 heteroatoms. The van der Waals surface area contributed by atoms with E-state index in [1.165, 1.54) is 5.56 Å². The van der Waals surface area contributed by atoms with Crippen LogP contribution in [-0.4, -0.2) is 36.0 Å². The maximum atomic E-state index is 13.0. The highest BCUT2D eigenvalue weighted by molar-refractivity contribution is 6.04. The normalized spacial score (nSPS) is 18.3. The molecule has 5 nitrogen and oxygen atoms in total. The Kier molecular flexibility index (Phi) is 5.56. The second-order valence-corrected chi connectivity index (χ2v) is 7.85. The average molecular weight is 392 g/mol. The number of hydrogen-bond donors (Lipinski definition) is 1. The molecule has 0 saturated carbocycles. The fourth-order valence-corrected chi connectivity index (χ4v) is 4.44. The van der Waals surface area contributed by atoms with E-state index in [0.717, 1.165) is 50.0 Å². The number of anilines is 1. The van der Waals surface area contributed by atoms with Crippen LogP contribution >= 0.6 is 0 Å². The second-order valence-electron chi connectivity index (χ2n) is 7.85. The van der Waals surface area contributed by atoms with Crippen molar-refractivity contribution in [3.63, 3.8) is 0 Å². The summed E-state index contributed by atoms with van der Waals surface area (Å²) in [6.45, 7) is 6.37. The second kappa shape index (κ2) is 8.27. The van der Waals surface area contributed by atoms with Gasteiger partial charge in [-0.05, 0) is 61.9 Å². The van der Waals surface area contributed by atoms with Gasteiger partial charge in [-0.25, -0.2) is 0 Å². The van der Waals surface area contributed by atoms with Gasteiger partial charge in [0.25, 0.3) is 11.8 Å². The van der Waals surface area contributed by atoms with Crippen LogP contribution in [0.25, 0.3) is 0 Å². The van der Waals surface area contributed by atoms with Crippen molar-refractivity contribution in [2.45, 2.75) is 52.2 Å². The summed E-state index contributed by atoms with van der Waals surface area (Å²) in [4.78, 5) is 30.0. The Morgan fingerprint density at radius 1 is 1.07 bits per heavy atom. The number of benzene rings is 2. The minimum absolute atomic E-state index is 0.0948. The van der Waals surface area contributed by atoms with Crippen LogP contribution in [-0.2, 0) is 13.0 Å². The molecule has 1 atom stereocenters. The molecule has 152 valence electrons. The van der Waals surface area contributed by atoms with Gasteiger partial charge in [0.15, 0.2) is 0 Å². The van der Waals surface area contributed by atoms with E-state index >= 15 is 0 Å². The average Bonchev–Trinajstić information content (AvgIpc) is 2.78. The quantitative estimate of drug-likeness (QED) is 0.839. The Bertz CT molecular complexity index is 907. The zero-order valence-electron chi connectivity index (χ0n) is 17.3. The van der Waals surface area contributed by atoms with Crippen molar-refractivity contribution in [3.05, 3.63) is 64.7 Å². The summed E-state index contributed by atoms with van der Waals surface area (Å²) < 4.78 is 0. The highest BCUT2D eigenvalue weighted by Gasteiger charge is 2.38. The molecule has 2 aliphatic heterocycles. The summed E-state index contributed by atoms with van der Waals surface area (Å²) in [6.07, 6.45) is 4.31. The zero-order valence-corrected chi connectivity index (χ0v) is 17.3. The van der Waals surface area contributed by atoms with Crippen LogP contribution in [0.3, 0.4) is 0 Å². The Morgan fingerprint density at radius 2 is 1.83 bits per heavy atom. The molecule has 2 heterocycles. The van der Waals surface area contributed by atoms with E-state index in [9.17, 15) is 9.59 Å². The molecule has 0 aromatic heterocycles. The summed E-state index contributed by atoms with van der Waals surface area (Å²) in [7, 11) is 0. The smallest absolute Gasteiger partial charge is 0.257 e. The number of rotatable bonds is 5. The van der Waals surface area contributed by atoms with Crippen molar-refractivity contribution < 1.29 is 9.59 Å². The number of carbonyl (C=O) groups excluding carboxylic acids is 2. The standard InChI is InChI=1S/C24H29N3O2/c1-3-17-8-10-18(11-9-17)16-25-23(28)19-12-13-20-21(15-19)26(4-2)22-7-5-6-14-27(22)24(20)29/h8-13,15,22H,3-7,14,16H2,1-2H3,(H,25,28)/t22-/m1/s1. The molecule has 0 bridgehead atoms. The Morgan fingerprint density at radius 3 is 2.55 bits per heavy atom. The van der Waals surface area contributed by atoms with Gasteiger partial charge in [-0.15, -0.1) is 0 Å². The first-order valence-electron chi connectivity index (χ1n) is 10.7. The first-order chi connectivity index (χ1) is 14.1. The molecule has 2 aliphatic rings. The molecule has 4 rings (SSSR count). The third-order valence-electron chi connectivity index (χ3n) is 6.12. The fraction of sp³-hybridized carbons (Fsp3) is 0.417. The van der Waals surface area contributed by atoms with Crippen LogP contribution in [0.1, 0.15) is 65.0 Å². The van der Waals surface area contributed by atoms with Crippen LogP contribution in [0.2, 0.25) is 0 Å². The molecule has 0 aliphatic carbocycles. The summed E-state index contributed by atoms with van der Waals surface area (Å²) in [5.74, 6) is -0.0145. The van der Waals surface area contributed by atoms with Gasteiger partial charge in [0, 0.05) is 25.2 Å². The summed E-state index contributed by atoms with van der Waals surface area (Å²) in [6, 6.07) is 13.8. The van der Waals surface area contributed by atoms with E-state index in [2.05, 4.69) is 48.3 Å². The molecule has 2 amide bonds. The lowest BCUT2D eigenvalue weighted by molar-refractivity contribution is 0.0582. The Balaban J connectivity index is 1.53. The predicted octanol–water partition coefficient (Wildman–Crippen LogP) is 3.97. The highest BCUT2D eigenvalue weighted by atomic mass is 16.2. The molecule has 0 spiro atoms. The number of nitrogens with one attached hydrogen (secondary N) is 1. The van der Waals surface area contributed by atoms with E-state index in [0.29, 0.717) is 17.7 Å². The molecule has 1 saturated heterocycles. The molecular formula is C24H29N3O2. The molecule has 1 N–H and O–H groups in total. The number of piperidine rings is 1. The van der Waals surface area contributed by atoms with Crippen molar-refractivity contribution in [1.29, 1.82) is 0 Å². The maximum Gasteiger partial charge on any atom is 0.257 e. The summed E-state index contributed by atoms with van der Waals surface area (Å²) in [5, 5.41) is 3.01. The van der Waals surface area contributed by atoms with Crippen molar-refractivity contribution in [2.24, 2.45) is 0 Å². The number of amides is 2. The van der Waals surface area contributed by atoms with Crippen molar-refractivity contribution in [2.75, 3.05) is 18.0 Å². The molecule has 29 heavy (non-hydrogen) atoms. The summed E-state index contributed by atoms with van der Waals surface area (Å²) >= 11 is 0. The minimum Gasteiger partial charge on any atom is -0.351 e. The van der Waals surface area contributed by atoms with Gasteiger partial charge in [0.1, 0.15) is 6.17 Å². The van der Waals surface area contributed by atoms with Crippen LogP contribution < -0.4 is 10.2 Å². The third kappa shape index (κ3) is 3.74. The Hall–Kier alpha value is -2.82. The van der Waals surface area contributed by atoms with Gasteiger partial charge in [0.2, 0.25) is 0 Å². The molecular weight excluding hydrogens is 362 g/mol. The summed E-state index contributed by atoms with van der Waals surface area (Å²) in [5.41, 5.74) is 4.56. The SMILES string of the molecule is CCc1ccc(CNC(=O)c2ccc3c(c2)N(CC)[C@H]2CCCCN2C3=O)cc1. The van der Waals surface area contributed by atoms with Crippen LogP contribution in [0.4, 0.5) is 5.69 Å². The zero-order chi connectivity index (χ0) is 20.4. The molecule has 0 radical (unpaired) electrons. The van der Waals surface area contributed by atoms with Gasteiger partial charge >= 0.3 is 0 Å². The lowest BCUT2D eigenvalue weighted by Gasteiger charge is -2.47.